The van der Waals surface area contributed by atoms with E-state index in [2.05, 4.69) is 26.7 Å². The summed E-state index contributed by atoms with van der Waals surface area (Å²) >= 11 is 3.34. The van der Waals surface area contributed by atoms with Crippen LogP contribution in [0.1, 0.15) is 40.0 Å². The zero-order chi connectivity index (χ0) is 18.4. The van der Waals surface area contributed by atoms with Gasteiger partial charge in [-0.15, -0.1) is 0 Å². The van der Waals surface area contributed by atoms with Crippen molar-refractivity contribution < 1.29 is 19.2 Å². The fourth-order valence-corrected chi connectivity index (χ4v) is 2.95. The normalized spacial score (nSPS) is 16.7. The Morgan fingerprint density at radius 2 is 1.81 bits per heavy atom. The third-order valence-electron chi connectivity index (χ3n) is 3.89. The van der Waals surface area contributed by atoms with Gasteiger partial charge in [-0.3, -0.25) is 9.59 Å². The van der Waals surface area contributed by atoms with Crippen molar-refractivity contribution in [3.05, 3.63) is 64.1 Å². The molecule has 0 saturated carbocycles. The molecule has 2 N–H and O–H groups in total. The number of carbonyl (C=O) groups excluding carboxylic acids is 2. The van der Waals surface area contributed by atoms with Gasteiger partial charge < -0.3 is 10.1 Å². The van der Waals surface area contributed by atoms with Gasteiger partial charge in [-0.25, -0.2) is 10.3 Å². The number of halogens is 1. The predicted octanol–water partition coefficient (Wildman–Crippen LogP) is 3.89. The van der Waals surface area contributed by atoms with E-state index in [1.807, 2.05) is 6.07 Å². The van der Waals surface area contributed by atoms with Gasteiger partial charge in [-0.1, -0.05) is 28.1 Å². The number of benzene rings is 2. The van der Waals surface area contributed by atoms with Crippen LogP contribution in [0.3, 0.4) is 0 Å². The molecular formula is C19H19BrN2O4. The van der Waals surface area contributed by atoms with E-state index in [9.17, 15) is 9.59 Å². The van der Waals surface area contributed by atoms with E-state index in [0.29, 0.717) is 23.4 Å². The maximum atomic E-state index is 12.3. The minimum absolute atomic E-state index is 0.254. The molecule has 136 valence electrons. The molecule has 0 radical (unpaired) electrons. The summed E-state index contributed by atoms with van der Waals surface area (Å²) in [5.74, 6) is -0.645. The average Bonchev–Trinajstić information content (AvgIpc) is 2.67. The van der Waals surface area contributed by atoms with Crippen molar-refractivity contribution >= 4 is 33.4 Å². The number of carbonyl (C=O) groups is 2. The smallest absolute Gasteiger partial charge is 0.275 e. The number of ether oxygens (including phenoxy) is 1. The van der Waals surface area contributed by atoms with Crippen molar-refractivity contribution in [2.24, 2.45) is 0 Å². The monoisotopic (exact) mass is 418 g/mol. The van der Waals surface area contributed by atoms with E-state index in [4.69, 9.17) is 9.57 Å². The van der Waals surface area contributed by atoms with Crippen LogP contribution in [0, 0.1) is 0 Å². The SMILES string of the molecule is O=C(NOC1CCCCO1)c1cccc(NC(=O)c2cccc(Br)c2)c1. The van der Waals surface area contributed by atoms with Crippen molar-refractivity contribution in [2.45, 2.75) is 25.6 Å². The quantitative estimate of drug-likeness (QED) is 0.722. The Morgan fingerprint density at radius 1 is 1.04 bits per heavy atom. The highest BCUT2D eigenvalue weighted by Crippen LogP contribution is 2.16. The van der Waals surface area contributed by atoms with Crippen LogP contribution >= 0.6 is 15.9 Å². The Morgan fingerprint density at radius 3 is 2.54 bits per heavy atom. The van der Waals surface area contributed by atoms with Gasteiger partial charge >= 0.3 is 0 Å². The predicted molar refractivity (Wildman–Crippen MR) is 101 cm³/mol. The van der Waals surface area contributed by atoms with Gasteiger partial charge in [-0.2, -0.15) is 0 Å². The zero-order valence-corrected chi connectivity index (χ0v) is 15.6. The van der Waals surface area contributed by atoms with E-state index >= 15 is 0 Å². The summed E-state index contributed by atoms with van der Waals surface area (Å²) in [5, 5.41) is 2.78. The summed E-state index contributed by atoms with van der Waals surface area (Å²) in [5.41, 5.74) is 3.83. The molecule has 0 aromatic heterocycles. The molecule has 1 fully saturated rings. The lowest BCUT2D eigenvalue weighted by atomic mass is 10.1. The van der Waals surface area contributed by atoms with Crippen LogP contribution < -0.4 is 10.8 Å². The average molecular weight is 419 g/mol. The van der Waals surface area contributed by atoms with Crippen LogP contribution in [0.5, 0.6) is 0 Å². The summed E-state index contributed by atoms with van der Waals surface area (Å²) in [4.78, 5) is 29.8. The van der Waals surface area contributed by atoms with Gasteiger partial charge in [0.1, 0.15) is 0 Å². The molecule has 6 nitrogen and oxygen atoms in total. The molecular weight excluding hydrogens is 400 g/mol. The molecule has 2 amide bonds. The molecule has 1 unspecified atom stereocenters. The Kier molecular flexibility index (Phi) is 6.38. The Balaban J connectivity index is 1.60. The molecule has 2 aromatic rings. The lowest BCUT2D eigenvalue weighted by Gasteiger charge is -2.22. The Labute approximate surface area is 160 Å². The van der Waals surface area contributed by atoms with E-state index in [0.717, 1.165) is 23.7 Å². The molecule has 1 heterocycles. The van der Waals surface area contributed by atoms with Gasteiger partial charge in [0.2, 0.25) is 0 Å². The second-order valence-electron chi connectivity index (χ2n) is 5.89. The molecule has 1 saturated heterocycles. The fraction of sp³-hybridized carbons (Fsp3) is 0.263. The molecule has 0 aliphatic carbocycles. The van der Waals surface area contributed by atoms with Crippen molar-refractivity contribution in [2.75, 3.05) is 11.9 Å². The molecule has 0 bridgehead atoms. The molecule has 3 rings (SSSR count). The number of rotatable bonds is 5. The summed E-state index contributed by atoms with van der Waals surface area (Å²) in [7, 11) is 0. The third-order valence-corrected chi connectivity index (χ3v) is 4.38. The summed E-state index contributed by atoms with van der Waals surface area (Å²) in [6, 6.07) is 13.7. The van der Waals surface area contributed by atoms with Gasteiger partial charge in [0.25, 0.3) is 11.8 Å². The summed E-state index contributed by atoms with van der Waals surface area (Å²) < 4.78 is 6.22. The van der Waals surface area contributed by atoms with E-state index in [1.54, 1.807) is 42.5 Å². The maximum Gasteiger partial charge on any atom is 0.275 e. The van der Waals surface area contributed by atoms with Crippen LogP contribution in [0.25, 0.3) is 0 Å². The molecule has 1 aliphatic rings. The van der Waals surface area contributed by atoms with E-state index < -0.39 is 12.2 Å². The van der Waals surface area contributed by atoms with Gasteiger partial charge in [0.15, 0.2) is 6.29 Å². The highest BCUT2D eigenvalue weighted by atomic mass is 79.9. The molecule has 0 spiro atoms. The van der Waals surface area contributed by atoms with Crippen molar-refractivity contribution in [1.29, 1.82) is 0 Å². The maximum absolute atomic E-state index is 12.3. The van der Waals surface area contributed by atoms with Gasteiger partial charge in [0.05, 0.1) is 0 Å². The number of nitrogens with one attached hydrogen (secondary N) is 2. The minimum atomic E-state index is -0.410. The van der Waals surface area contributed by atoms with E-state index in [-0.39, 0.29) is 5.91 Å². The second kappa shape index (κ2) is 8.93. The second-order valence-corrected chi connectivity index (χ2v) is 6.81. The highest BCUT2D eigenvalue weighted by Gasteiger charge is 2.16. The van der Waals surface area contributed by atoms with Crippen LogP contribution in [-0.4, -0.2) is 24.7 Å². The zero-order valence-electron chi connectivity index (χ0n) is 14.0. The standard InChI is InChI=1S/C19H19BrN2O4/c20-15-7-3-5-13(11-15)18(23)21-16-8-4-6-14(12-16)19(24)22-26-17-9-1-2-10-25-17/h3-8,11-12,17H,1-2,9-10H2,(H,21,23)(H,22,24). The summed E-state index contributed by atoms with van der Waals surface area (Å²) in [6.07, 6.45) is 2.36. The lowest BCUT2D eigenvalue weighted by molar-refractivity contribution is -0.186. The number of amides is 2. The molecule has 7 heteroatoms. The van der Waals surface area contributed by atoms with Crippen molar-refractivity contribution in [1.82, 2.24) is 5.48 Å². The van der Waals surface area contributed by atoms with Crippen LogP contribution in [-0.2, 0) is 9.57 Å². The Bertz CT molecular complexity index is 791. The van der Waals surface area contributed by atoms with Gasteiger partial charge in [-0.05, 0) is 49.2 Å². The first-order valence-corrected chi connectivity index (χ1v) is 9.16. The summed E-state index contributed by atoms with van der Waals surface area (Å²) in [6.45, 7) is 0.637. The number of hydrogen-bond acceptors (Lipinski definition) is 4. The largest absolute Gasteiger partial charge is 0.350 e. The molecule has 1 atom stereocenters. The number of hydroxylamine groups is 1. The number of anilines is 1. The molecule has 1 aliphatic heterocycles. The topological polar surface area (TPSA) is 76.7 Å². The first-order chi connectivity index (χ1) is 12.6. The fourth-order valence-electron chi connectivity index (χ4n) is 2.55. The molecule has 2 aromatic carbocycles. The first kappa shape index (κ1) is 18.6. The van der Waals surface area contributed by atoms with Crippen LogP contribution in [0.4, 0.5) is 5.69 Å². The van der Waals surface area contributed by atoms with Gasteiger partial charge in [0, 0.05) is 34.3 Å². The van der Waals surface area contributed by atoms with E-state index in [1.165, 1.54) is 0 Å². The highest BCUT2D eigenvalue weighted by molar-refractivity contribution is 9.10. The Hall–Kier alpha value is -2.22. The first-order valence-electron chi connectivity index (χ1n) is 8.36. The van der Waals surface area contributed by atoms with Crippen molar-refractivity contribution in [3.8, 4) is 0 Å². The lowest BCUT2D eigenvalue weighted by Crippen LogP contribution is -2.33. The third kappa shape index (κ3) is 5.14. The molecule has 26 heavy (non-hydrogen) atoms. The van der Waals surface area contributed by atoms with Crippen molar-refractivity contribution in [3.63, 3.8) is 0 Å². The number of hydrogen-bond donors (Lipinski definition) is 2. The van der Waals surface area contributed by atoms with Crippen LogP contribution in [0.15, 0.2) is 53.0 Å². The minimum Gasteiger partial charge on any atom is -0.350 e. The van der Waals surface area contributed by atoms with Crippen LogP contribution in [0.2, 0.25) is 0 Å².